The van der Waals surface area contributed by atoms with E-state index in [1.807, 2.05) is 0 Å². The van der Waals surface area contributed by atoms with Gasteiger partial charge in [0.15, 0.2) is 0 Å². The number of anilines is 1. The van der Waals surface area contributed by atoms with Crippen LogP contribution in [0.15, 0.2) is 12.7 Å². The molecule has 11 nitrogen and oxygen atoms in total. The molecule has 1 radical (unpaired) electrons. The Hall–Kier alpha value is -1.47. The molecule has 0 saturated carbocycles. The van der Waals surface area contributed by atoms with Crippen molar-refractivity contribution < 1.29 is 24.9 Å². The molecule has 3 heterocycles. The first-order valence-electron chi connectivity index (χ1n) is 7.93. The van der Waals surface area contributed by atoms with Gasteiger partial charge in [-0.1, -0.05) is 0 Å². The van der Waals surface area contributed by atoms with Crippen molar-refractivity contribution >= 4 is 51.6 Å². The Morgan fingerprint density at radius 1 is 1.37 bits per heavy atom. The Kier molecular flexibility index (Phi) is 7.79. The van der Waals surface area contributed by atoms with Crippen LogP contribution in [-0.4, -0.2) is 86.9 Å². The molecule has 1 aliphatic rings. The molecule has 2 aromatic heterocycles. The molecule has 7 N–H and O–H groups in total. The van der Waals surface area contributed by atoms with E-state index in [0.29, 0.717) is 28.7 Å². The van der Waals surface area contributed by atoms with E-state index in [4.69, 9.17) is 21.3 Å². The first kappa shape index (κ1) is 21.8. The number of nitrogen functional groups attached to an aromatic ring is 1. The predicted octanol–water partition coefficient (Wildman–Crippen LogP) is -1.67. The Balaban J connectivity index is 0.000000279. The Morgan fingerprint density at radius 2 is 2.07 bits per heavy atom. The minimum absolute atomic E-state index is 0.261. The van der Waals surface area contributed by atoms with Crippen molar-refractivity contribution in [1.29, 1.82) is 0 Å². The Labute approximate surface area is 168 Å². The molecule has 0 bridgehead atoms. The SMILES string of the molecule is NC(CCS)C(=O)O.Nc1ncnc2c1ncn2[C@@H]1O[C@H](C[Se])[C@@H](O)[C@H]1O. The van der Waals surface area contributed by atoms with Gasteiger partial charge < -0.3 is 10.8 Å². The summed E-state index contributed by atoms with van der Waals surface area (Å²) in [7, 11) is 0. The van der Waals surface area contributed by atoms with Gasteiger partial charge in [-0.25, -0.2) is 0 Å². The second-order valence-corrected chi connectivity index (χ2v) is 6.90. The zero-order chi connectivity index (χ0) is 20.1. The zero-order valence-electron chi connectivity index (χ0n) is 14.1. The topological polar surface area (TPSA) is 183 Å². The van der Waals surface area contributed by atoms with Crippen molar-refractivity contribution in [3.05, 3.63) is 12.7 Å². The van der Waals surface area contributed by atoms with Crippen LogP contribution in [0.4, 0.5) is 5.82 Å². The summed E-state index contributed by atoms with van der Waals surface area (Å²) in [5.41, 5.74) is 11.7. The summed E-state index contributed by atoms with van der Waals surface area (Å²) >= 11 is 6.59. The molecule has 1 unspecified atom stereocenters. The van der Waals surface area contributed by atoms with Crippen LogP contribution in [0.3, 0.4) is 0 Å². The van der Waals surface area contributed by atoms with Crippen molar-refractivity contribution in [2.45, 2.75) is 42.3 Å². The molecule has 3 rings (SSSR count). The molecule has 2 aromatic rings. The number of nitrogens with two attached hydrogens (primary N) is 2. The van der Waals surface area contributed by atoms with Gasteiger partial charge in [0, 0.05) is 0 Å². The molecule has 27 heavy (non-hydrogen) atoms. The van der Waals surface area contributed by atoms with Crippen LogP contribution in [0.1, 0.15) is 12.6 Å². The molecule has 5 atom stereocenters. The number of ether oxygens (including phenoxy) is 1. The first-order chi connectivity index (χ1) is 12.8. The molecular weight excluding hydrogens is 443 g/mol. The average Bonchev–Trinajstić information content (AvgIpc) is 3.18. The maximum absolute atomic E-state index is 10.0. The Bertz CT molecular complexity index is 780. The summed E-state index contributed by atoms with van der Waals surface area (Å²) in [6, 6.07) is -0.743. The van der Waals surface area contributed by atoms with E-state index < -0.39 is 36.6 Å². The van der Waals surface area contributed by atoms with Gasteiger partial charge >= 0.3 is 122 Å². The van der Waals surface area contributed by atoms with Gasteiger partial charge in [-0.05, 0) is 12.2 Å². The van der Waals surface area contributed by atoms with Gasteiger partial charge in [0.05, 0.1) is 0 Å². The van der Waals surface area contributed by atoms with Crippen LogP contribution in [-0.2, 0) is 9.53 Å². The molecule has 0 aromatic carbocycles. The molecule has 1 saturated heterocycles. The second kappa shape index (κ2) is 9.64. The van der Waals surface area contributed by atoms with Crippen LogP contribution in [0.2, 0.25) is 5.32 Å². The third kappa shape index (κ3) is 4.88. The van der Waals surface area contributed by atoms with E-state index in [1.54, 1.807) is 4.57 Å². The zero-order valence-corrected chi connectivity index (χ0v) is 16.7. The Morgan fingerprint density at radius 3 is 2.59 bits per heavy atom. The number of carboxylic acids is 1. The van der Waals surface area contributed by atoms with Crippen LogP contribution < -0.4 is 11.5 Å². The average molecular weight is 464 g/mol. The molecule has 0 aliphatic carbocycles. The monoisotopic (exact) mass is 465 g/mol. The third-order valence-corrected chi connectivity index (χ3v) is 4.87. The minimum atomic E-state index is -1.05. The number of aliphatic hydroxyl groups is 2. The summed E-state index contributed by atoms with van der Waals surface area (Å²) in [4.78, 5) is 22.0. The van der Waals surface area contributed by atoms with E-state index in [1.165, 1.54) is 12.7 Å². The third-order valence-electron chi connectivity index (χ3n) is 3.92. The van der Waals surface area contributed by atoms with Gasteiger partial charge in [0.1, 0.15) is 6.04 Å². The van der Waals surface area contributed by atoms with E-state index >= 15 is 0 Å². The molecule has 1 aliphatic heterocycles. The molecule has 1 fully saturated rings. The quantitative estimate of drug-likeness (QED) is 0.221. The number of rotatable bonds is 5. The molecule has 0 spiro atoms. The fraction of sp³-hybridized carbons (Fsp3) is 0.571. The number of aliphatic carboxylic acids is 1. The number of nitrogens with zero attached hydrogens (tertiary/aromatic N) is 4. The van der Waals surface area contributed by atoms with Crippen molar-refractivity contribution in [1.82, 2.24) is 19.5 Å². The number of aliphatic hydroxyl groups excluding tert-OH is 2. The molecule has 149 valence electrons. The normalized spacial score (nSPS) is 25.8. The van der Waals surface area contributed by atoms with Crippen molar-refractivity contribution in [2.75, 3.05) is 11.5 Å². The number of thiol groups is 1. The van der Waals surface area contributed by atoms with Gasteiger partial charge in [0.2, 0.25) is 0 Å². The van der Waals surface area contributed by atoms with Gasteiger partial charge in [0.25, 0.3) is 0 Å². The molecule has 0 amide bonds. The van der Waals surface area contributed by atoms with Crippen LogP contribution in [0.25, 0.3) is 11.2 Å². The molecular formula is C14H21N6O5SSe. The fourth-order valence-corrected chi connectivity index (χ4v) is 3.27. The summed E-state index contributed by atoms with van der Waals surface area (Å²) in [6.07, 6.45) is 0.00830. The number of hydrogen-bond acceptors (Lipinski definition) is 10. The summed E-state index contributed by atoms with van der Waals surface area (Å²) in [5, 5.41) is 28.6. The number of aromatic nitrogens is 4. The van der Waals surface area contributed by atoms with Crippen LogP contribution in [0, 0.1) is 0 Å². The van der Waals surface area contributed by atoms with Crippen LogP contribution >= 0.6 is 12.6 Å². The first-order valence-corrected chi connectivity index (χ1v) is 9.78. The van der Waals surface area contributed by atoms with E-state index in [9.17, 15) is 15.0 Å². The van der Waals surface area contributed by atoms with Gasteiger partial charge in [-0.15, -0.1) is 0 Å². The van der Waals surface area contributed by atoms with Crippen LogP contribution in [0.5, 0.6) is 0 Å². The van der Waals surface area contributed by atoms with Gasteiger partial charge in [-0.3, -0.25) is 4.79 Å². The second-order valence-electron chi connectivity index (χ2n) is 5.75. The number of carboxylic acid groups (broad SMARTS) is 1. The van der Waals surface area contributed by atoms with Gasteiger partial charge in [-0.2, -0.15) is 12.6 Å². The summed E-state index contributed by atoms with van der Waals surface area (Å²) in [5.74, 6) is -0.177. The number of fused-ring (bicyclic) bond motifs is 1. The van der Waals surface area contributed by atoms with E-state index in [2.05, 4.69) is 43.6 Å². The van der Waals surface area contributed by atoms with E-state index in [0.717, 1.165) is 0 Å². The number of hydrogen-bond donors (Lipinski definition) is 6. The summed E-state index contributed by atoms with van der Waals surface area (Å²) in [6.45, 7) is 0. The molecule has 13 heteroatoms. The fourth-order valence-electron chi connectivity index (χ4n) is 2.42. The number of carbonyl (C=O) groups is 1. The van der Waals surface area contributed by atoms with E-state index in [-0.39, 0.29) is 5.82 Å². The van der Waals surface area contributed by atoms with Crippen molar-refractivity contribution in [3.63, 3.8) is 0 Å². The standard InChI is InChI=1S/C10H12N5O3Se.C4H9NO2S/c11-8-5-9(13-2-12-8)15(3-14-5)10-7(17)6(16)4(1-19)18-10;5-3(1-2-8)4(6)7/h2-4,6-7,10,16-17H,1H2,(H2,11,12,13);3,8H,1-2,5H2,(H,6,7)/t4-,6-,7-,10-;/m1./s1. The summed E-state index contributed by atoms with van der Waals surface area (Å²) < 4.78 is 7.17. The van der Waals surface area contributed by atoms with Crippen molar-refractivity contribution in [3.8, 4) is 0 Å². The number of imidazole rings is 1. The predicted molar refractivity (Wildman–Crippen MR) is 100 cm³/mol. The maximum atomic E-state index is 10.0. The van der Waals surface area contributed by atoms with Crippen molar-refractivity contribution in [2.24, 2.45) is 5.73 Å².